The molecular weight excluding hydrogens is 262 g/mol. The van der Waals surface area contributed by atoms with E-state index in [4.69, 9.17) is 0 Å². The summed E-state index contributed by atoms with van der Waals surface area (Å²) in [7, 11) is 0. The molecule has 0 saturated carbocycles. The van der Waals surface area contributed by atoms with Gasteiger partial charge in [0.05, 0.1) is 16.6 Å². The summed E-state index contributed by atoms with van der Waals surface area (Å²) in [5, 5.41) is 1.00. The van der Waals surface area contributed by atoms with Crippen LogP contribution >= 0.6 is 0 Å². The molecule has 4 heteroatoms. The molecule has 4 rings (SSSR count). The number of nitrogens with one attached hydrogen (secondary N) is 2. The summed E-state index contributed by atoms with van der Waals surface area (Å²) in [4.78, 5) is 22.9. The Morgan fingerprint density at radius 3 is 2.67 bits per heavy atom. The summed E-state index contributed by atoms with van der Waals surface area (Å²) in [6.45, 7) is 2.03. The SMILES string of the molecule is Cc1ccc2[nH]c(=O)c(-c3nc4ccccc4[nH]3)cc2c1. The molecule has 4 nitrogen and oxygen atoms in total. The number of pyridine rings is 1. The van der Waals surface area contributed by atoms with E-state index in [1.807, 2.05) is 49.4 Å². The van der Waals surface area contributed by atoms with Crippen molar-refractivity contribution in [2.24, 2.45) is 0 Å². The Kier molecular flexibility index (Phi) is 2.44. The van der Waals surface area contributed by atoms with Gasteiger partial charge in [0.2, 0.25) is 0 Å². The number of hydrogen-bond acceptors (Lipinski definition) is 2. The first-order valence-electron chi connectivity index (χ1n) is 6.79. The van der Waals surface area contributed by atoms with Crippen molar-refractivity contribution in [3.05, 3.63) is 64.4 Å². The highest BCUT2D eigenvalue weighted by atomic mass is 16.1. The molecule has 21 heavy (non-hydrogen) atoms. The van der Waals surface area contributed by atoms with E-state index in [-0.39, 0.29) is 5.56 Å². The van der Waals surface area contributed by atoms with Crippen LogP contribution in [-0.4, -0.2) is 15.0 Å². The first-order chi connectivity index (χ1) is 10.2. The van der Waals surface area contributed by atoms with Crippen LogP contribution < -0.4 is 5.56 Å². The van der Waals surface area contributed by atoms with Crippen LogP contribution in [-0.2, 0) is 0 Å². The van der Waals surface area contributed by atoms with Gasteiger partial charge >= 0.3 is 0 Å². The first kappa shape index (κ1) is 11.9. The lowest BCUT2D eigenvalue weighted by Crippen LogP contribution is -2.09. The molecule has 2 aromatic heterocycles. The maximum atomic E-state index is 12.3. The van der Waals surface area contributed by atoms with Gasteiger partial charge in [-0.15, -0.1) is 0 Å². The van der Waals surface area contributed by atoms with Crippen LogP contribution in [0.25, 0.3) is 33.3 Å². The Bertz CT molecular complexity index is 994. The van der Waals surface area contributed by atoms with Crippen molar-refractivity contribution in [3.8, 4) is 11.4 Å². The van der Waals surface area contributed by atoms with Gasteiger partial charge in [0.15, 0.2) is 0 Å². The summed E-state index contributed by atoms with van der Waals surface area (Å²) < 4.78 is 0. The zero-order chi connectivity index (χ0) is 14.4. The second-order valence-electron chi connectivity index (χ2n) is 5.21. The minimum Gasteiger partial charge on any atom is -0.338 e. The smallest absolute Gasteiger partial charge is 0.259 e. The summed E-state index contributed by atoms with van der Waals surface area (Å²) in [5.41, 5.74) is 4.21. The van der Waals surface area contributed by atoms with Gasteiger partial charge in [-0.1, -0.05) is 23.8 Å². The second-order valence-corrected chi connectivity index (χ2v) is 5.21. The lowest BCUT2D eigenvalue weighted by Gasteiger charge is -2.02. The van der Waals surface area contributed by atoms with E-state index in [0.717, 1.165) is 27.5 Å². The Balaban J connectivity index is 2.00. The van der Waals surface area contributed by atoms with E-state index in [1.165, 1.54) is 0 Å². The fourth-order valence-corrected chi connectivity index (χ4v) is 2.58. The number of rotatable bonds is 1. The fourth-order valence-electron chi connectivity index (χ4n) is 2.58. The van der Waals surface area contributed by atoms with Crippen LogP contribution in [0.2, 0.25) is 0 Å². The van der Waals surface area contributed by atoms with Crippen molar-refractivity contribution in [1.82, 2.24) is 15.0 Å². The fraction of sp³-hybridized carbons (Fsp3) is 0.0588. The molecule has 0 radical (unpaired) electrons. The number of benzene rings is 2. The maximum Gasteiger partial charge on any atom is 0.259 e. The summed E-state index contributed by atoms with van der Waals surface area (Å²) in [5.74, 6) is 0.598. The third-order valence-corrected chi connectivity index (χ3v) is 3.64. The number of aryl methyl sites for hydroxylation is 1. The van der Waals surface area contributed by atoms with Gasteiger partial charge in [0.25, 0.3) is 5.56 Å². The van der Waals surface area contributed by atoms with E-state index in [2.05, 4.69) is 21.0 Å². The van der Waals surface area contributed by atoms with E-state index in [1.54, 1.807) is 0 Å². The highest BCUT2D eigenvalue weighted by molar-refractivity contribution is 5.85. The topological polar surface area (TPSA) is 61.5 Å². The van der Waals surface area contributed by atoms with E-state index in [9.17, 15) is 4.79 Å². The molecule has 2 aromatic carbocycles. The average Bonchev–Trinajstić information content (AvgIpc) is 2.90. The third kappa shape index (κ3) is 1.92. The number of aromatic amines is 2. The number of hydrogen-bond donors (Lipinski definition) is 2. The number of nitrogens with zero attached hydrogens (tertiary/aromatic N) is 1. The normalized spacial score (nSPS) is 11.3. The quantitative estimate of drug-likeness (QED) is 0.559. The molecule has 0 aliphatic heterocycles. The molecule has 0 atom stereocenters. The number of imidazole rings is 1. The largest absolute Gasteiger partial charge is 0.338 e. The summed E-state index contributed by atoms with van der Waals surface area (Å²) in [6, 6.07) is 15.6. The highest BCUT2D eigenvalue weighted by Gasteiger charge is 2.10. The van der Waals surface area contributed by atoms with Crippen LogP contribution in [0.3, 0.4) is 0 Å². The monoisotopic (exact) mass is 275 g/mol. The van der Waals surface area contributed by atoms with Crippen LogP contribution in [0.15, 0.2) is 53.3 Å². The maximum absolute atomic E-state index is 12.3. The van der Waals surface area contributed by atoms with Crippen molar-refractivity contribution in [2.45, 2.75) is 6.92 Å². The molecule has 0 unspecified atom stereocenters. The minimum atomic E-state index is -0.134. The van der Waals surface area contributed by atoms with Crippen LogP contribution in [0.5, 0.6) is 0 Å². The number of fused-ring (bicyclic) bond motifs is 2. The molecule has 2 heterocycles. The van der Waals surface area contributed by atoms with Crippen molar-refractivity contribution < 1.29 is 0 Å². The number of H-pyrrole nitrogens is 2. The zero-order valence-corrected chi connectivity index (χ0v) is 11.5. The zero-order valence-electron chi connectivity index (χ0n) is 11.5. The Morgan fingerprint density at radius 1 is 0.952 bits per heavy atom. The molecule has 0 aliphatic rings. The second kappa shape index (κ2) is 4.31. The standard InChI is InChI=1S/C17H13N3O/c1-10-6-7-13-11(8-10)9-12(17(21)20-13)16-18-14-4-2-3-5-15(14)19-16/h2-9H,1H3,(H,18,19)(H,20,21). The molecule has 0 aliphatic carbocycles. The van der Waals surface area contributed by atoms with E-state index >= 15 is 0 Å². The lowest BCUT2D eigenvalue weighted by molar-refractivity contribution is 1.25. The molecule has 0 amide bonds. The van der Waals surface area contributed by atoms with Gasteiger partial charge in [-0.05, 0) is 42.6 Å². The van der Waals surface area contributed by atoms with Gasteiger partial charge in [0, 0.05) is 5.52 Å². The summed E-state index contributed by atoms with van der Waals surface area (Å²) >= 11 is 0. The van der Waals surface area contributed by atoms with Crippen molar-refractivity contribution >= 4 is 21.9 Å². The molecule has 0 fully saturated rings. The molecule has 2 N–H and O–H groups in total. The van der Waals surface area contributed by atoms with Crippen LogP contribution in [0.4, 0.5) is 0 Å². The van der Waals surface area contributed by atoms with Gasteiger partial charge in [-0.3, -0.25) is 4.79 Å². The van der Waals surface area contributed by atoms with Gasteiger partial charge < -0.3 is 9.97 Å². The van der Waals surface area contributed by atoms with Gasteiger partial charge in [-0.25, -0.2) is 4.98 Å². The average molecular weight is 275 g/mol. The molecule has 0 saturated heterocycles. The van der Waals surface area contributed by atoms with Crippen molar-refractivity contribution in [3.63, 3.8) is 0 Å². The molecule has 102 valence electrons. The molecule has 4 aromatic rings. The Morgan fingerprint density at radius 2 is 1.81 bits per heavy atom. The predicted molar refractivity (Wildman–Crippen MR) is 84.4 cm³/mol. The summed E-state index contributed by atoms with van der Waals surface area (Å²) in [6.07, 6.45) is 0. The van der Waals surface area contributed by atoms with Crippen LogP contribution in [0.1, 0.15) is 5.56 Å². The number of para-hydroxylation sites is 2. The van der Waals surface area contributed by atoms with E-state index < -0.39 is 0 Å². The first-order valence-corrected chi connectivity index (χ1v) is 6.79. The Labute approximate surface area is 120 Å². The van der Waals surface area contributed by atoms with Crippen LogP contribution in [0, 0.1) is 6.92 Å². The molecule has 0 bridgehead atoms. The minimum absolute atomic E-state index is 0.134. The highest BCUT2D eigenvalue weighted by Crippen LogP contribution is 2.21. The molecular formula is C17H13N3O. The van der Waals surface area contributed by atoms with E-state index in [0.29, 0.717) is 11.4 Å². The van der Waals surface area contributed by atoms with Crippen molar-refractivity contribution in [1.29, 1.82) is 0 Å². The van der Waals surface area contributed by atoms with Crippen molar-refractivity contribution in [2.75, 3.05) is 0 Å². The van der Waals surface area contributed by atoms with Gasteiger partial charge in [-0.2, -0.15) is 0 Å². The van der Waals surface area contributed by atoms with Gasteiger partial charge in [0.1, 0.15) is 5.82 Å². The predicted octanol–water partition coefficient (Wildman–Crippen LogP) is 3.38. The lowest BCUT2D eigenvalue weighted by atomic mass is 10.1. The Hall–Kier alpha value is -2.88. The number of aromatic nitrogens is 3. The third-order valence-electron chi connectivity index (χ3n) is 3.64. The molecule has 0 spiro atoms.